The molecule has 0 aromatic carbocycles. The molecule has 0 aliphatic carbocycles. The van der Waals surface area contributed by atoms with Crippen molar-refractivity contribution in [2.24, 2.45) is 0 Å². The van der Waals surface area contributed by atoms with Crippen molar-refractivity contribution in [3.63, 3.8) is 0 Å². The van der Waals surface area contributed by atoms with Gasteiger partial charge >= 0.3 is 0 Å². The summed E-state index contributed by atoms with van der Waals surface area (Å²) in [6.07, 6.45) is 5.55. The largest absolute Gasteiger partial charge is 0.0988 e. The van der Waals surface area contributed by atoms with Crippen LogP contribution in [0.1, 0.15) is 40.0 Å². The van der Waals surface area contributed by atoms with Crippen molar-refractivity contribution in [1.82, 2.24) is 0 Å². The Bertz CT molecular complexity index is 129. The standard InChI is InChI=1S/C10H18/c1-5-8-9(4)10(6-2)7-3/h6H,2,5,7-8H2,1,3-4H3/b10-9+. The first-order valence-electron chi connectivity index (χ1n) is 4.07. The molecule has 0 saturated heterocycles. The summed E-state index contributed by atoms with van der Waals surface area (Å²) in [6, 6.07) is 0. The summed E-state index contributed by atoms with van der Waals surface area (Å²) < 4.78 is 0. The first-order chi connectivity index (χ1) is 4.76. The summed E-state index contributed by atoms with van der Waals surface area (Å²) in [6.45, 7) is 10.4. The van der Waals surface area contributed by atoms with Crippen LogP contribution in [0.25, 0.3) is 0 Å². The lowest BCUT2D eigenvalue weighted by Crippen LogP contribution is -1.82. The van der Waals surface area contributed by atoms with Crippen molar-refractivity contribution < 1.29 is 0 Å². The van der Waals surface area contributed by atoms with E-state index in [2.05, 4.69) is 27.4 Å². The Kier molecular flexibility index (Phi) is 5.00. The Morgan fingerprint density at radius 2 is 2.00 bits per heavy atom. The van der Waals surface area contributed by atoms with Gasteiger partial charge in [0.2, 0.25) is 0 Å². The molecule has 0 atom stereocenters. The van der Waals surface area contributed by atoms with Gasteiger partial charge in [0.25, 0.3) is 0 Å². The average Bonchev–Trinajstić information content (AvgIpc) is 1.91. The summed E-state index contributed by atoms with van der Waals surface area (Å²) in [4.78, 5) is 0. The minimum absolute atomic E-state index is 1.12. The molecule has 0 aromatic rings. The van der Waals surface area contributed by atoms with Crippen LogP contribution >= 0.6 is 0 Å². The molecule has 0 spiro atoms. The van der Waals surface area contributed by atoms with Gasteiger partial charge in [0.1, 0.15) is 0 Å². The third-order valence-electron chi connectivity index (χ3n) is 1.80. The summed E-state index contributed by atoms with van der Waals surface area (Å²) in [5.74, 6) is 0. The van der Waals surface area contributed by atoms with Crippen LogP contribution in [0.2, 0.25) is 0 Å². The number of hydrogen-bond acceptors (Lipinski definition) is 0. The van der Waals surface area contributed by atoms with E-state index in [0.717, 1.165) is 6.42 Å². The van der Waals surface area contributed by atoms with Crippen LogP contribution in [0.5, 0.6) is 0 Å². The van der Waals surface area contributed by atoms with Gasteiger partial charge in [-0.05, 0) is 25.3 Å². The van der Waals surface area contributed by atoms with Crippen LogP contribution in [-0.2, 0) is 0 Å². The van der Waals surface area contributed by atoms with E-state index >= 15 is 0 Å². The molecule has 0 fully saturated rings. The van der Waals surface area contributed by atoms with Gasteiger partial charge in [0.05, 0.1) is 0 Å². The van der Waals surface area contributed by atoms with Gasteiger partial charge in [0, 0.05) is 0 Å². The highest BCUT2D eigenvalue weighted by atomic mass is 14.0. The third kappa shape index (κ3) is 2.86. The lowest BCUT2D eigenvalue weighted by Gasteiger charge is -2.03. The summed E-state index contributed by atoms with van der Waals surface area (Å²) in [5, 5.41) is 0. The topological polar surface area (TPSA) is 0 Å². The fourth-order valence-electron chi connectivity index (χ4n) is 1.16. The van der Waals surface area contributed by atoms with Gasteiger partial charge in [0.15, 0.2) is 0 Å². The van der Waals surface area contributed by atoms with E-state index < -0.39 is 0 Å². The zero-order chi connectivity index (χ0) is 7.98. The quantitative estimate of drug-likeness (QED) is 0.520. The van der Waals surface area contributed by atoms with E-state index in [1.807, 2.05) is 6.08 Å². The Labute approximate surface area is 64.6 Å². The van der Waals surface area contributed by atoms with Gasteiger partial charge in [-0.2, -0.15) is 0 Å². The molecule has 0 heterocycles. The molecule has 0 aliphatic heterocycles. The monoisotopic (exact) mass is 138 g/mol. The molecule has 10 heavy (non-hydrogen) atoms. The molecule has 0 amide bonds. The number of allylic oxidation sites excluding steroid dienone is 3. The van der Waals surface area contributed by atoms with Gasteiger partial charge in [-0.3, -0.25) is 0 Å². The molecular weight excluding hydrogens is 120 g/mol. The Hall–Kier alpha value is -0.520. The van der Waals surface area contributed by atoms with Crippen LogP contribution < -0.4 is 0 Å². The maximum absolute atomic E-state index is 3.78. The van der Waals surface area contributed by atoms with Crippen molar-refractivity contribution >= 4 is 0 Å². The Morgan fingerprint density at radius 1 is 1.40 bits per heavy atom. The molecule has 0 radical (unpaired) electrons. The van der Waals surface area contributed by atoms with E-state index in [-0.39, 0.29) is 0 Å². The first kappa shape index (κ1) is 9.48. The summed E-state index contributed by atoms with van der Waals surface area (Å²) in [5.41, 5.74) is 2.92. The zero-order valence-corrected chi connectivity index (χ0v) is 7.41. The smallest absolute Gasteiger partial charge is 0.0308 e. The van der Waals surface area contributed by atoms with Crippen molar-refractivity contribution in [3.05, 3.63) is 23.8 Å². The van der Waals surface area contributed by atoms with E-state index in [1.165, 1.54) is 24.0 Å². The zero-order valence-electron chi connectivity index (χ0n) is 7.41. The molecule has 0 heteroatoms. The maximum Gasteiger partial charge on any atom is -0.0308 e. The highest BCUT2D eigenvalue weighted by Crippen LogP contribution is 2.13. The molecule has 0 rings (SSSR count). The summed E-state index contributed by atoms with van der Waals surface area (Å²) in [7, 11) is 0. The van der Waals surface area contributed by atoms with Crippen LogP contribution in [-0.4, -0.2) is 0 Å². The molecule has 0 aliphatic rings. The fourth-order valence-corrected chi connectivity index (χ4v) is 1.16. The average molecular weight is 138 g/mol. The molecule has 0 bridgehead atoms. The Balaban J connectivity index is 4.12. The minimum Gasteiger partial charge on any atom is -0.0988 e. The Morgan fingerprint density at radius 3 is 2.30 bits per heavy atom. The molecular formula is C10H18. The van der Waals surface area contributed by atoms with E-state index in [9.17, 15) is 0 Å². The SMILES string of the molecule is C=C/C(CC)=C(/C)CCC. The molecule has 0 saturated carbocycles. The number of rotatable bonds is 4. The van der Waals surface area contributed by atoms with Crippen LogP contribution in [0.3, 0.4) is 0 Å². The van der Waals surface area contributed by atoms with Crippen LogP contribution in [0, 0.1) is 0 Å². The predicted octanol–water partition coefficient (Wildman–Crippen LogP) is 3.70. The van der Waals surface area contributed by atoms with Crippen molar-refractivity contribution in [2.75, 3.05) is 0 Å². The third-order valence-corrected chi connectivity index (χ3v) is 1.80. The lowest BCUT2D eigenvalue weighted by atomic mass is 10.0. The van der Waals surface area contributed by atoms with E-state index in [1.54, 1.807) is 0 Å². The number of hydrogen-bond donors (Lipinski definition) is 0. The molecule has 0 aromatic heterocycles. The highest BCUT2D eigenvalue weighted by molar-refractivity contribution is 5.22. The second-order valence-electron chi connectivity index (χ2n) is 2.61. The fraction of sp³-hybridized carbons (Fsp3) is 0.600. The van der Waals surface area contributed by atoms with Gasteiger partial charge in [-0.1, -0.05) is 38.5 Å². The second kappa shape index (κ2) is 5.28. The molecule has 0 unspecified atom stereocenters. The van der Waals surface area contributed by atoms with Crippen molar-refractivity contribution in [1.29, 1.82) is 0 Å². The maximum atomic E-state index is 3.78. The normalized spacial score (nSPS) is 12.7. The van der Waals surface area contributed by atoms with Crippen molar-refractivity contribution in [3.8, 4) is 0 Å². The first-order valence-corrected chi connectivity index (χ1v) is 4.07. The van der Waals surface area contributed by atoms with Crippen LogP contribution in [0.4, 0.5) is 0 Å². The van der Waals surface area contributed by atoms with Gasteiger partial charge in [-0.15, -0.1) is 0 Å². The van der Waals surface area contributed by atoms with Crippen molar-refractivity contribution in [2.45, 2.75) is 40.0 Å². The molecule has 58 valence electrons. The van der Waals surface area contributed by atoms with Gasteiger partial charge < -0.3 is 0 Å². The highest BCUT2D eigenvalue weighted by Gasteiger charge is 1.93. The lowest BCUT2D eigenvalue weighted by molar-refractivity contribution is 0.884. The molecule has 0 N–H and O–H groups in total. The van der Waals surface area contributed by atoms with Gasteiger partial charge in [-0.25, -0.2) is 0 Å². The van der Waals surface area contributed by atoms with E-state index in [4.69, 9.17) is 0 Å². The van der Waals surface area contributed by atoms with Crippen LogP contribution in [0.15, 0.2) is 23.8 Å². The molecule has 0 nitrogen and oxygen atoms in total. The summed E-state index contributed by atoms with van der Waals surface area (Å²) >= 11 is 0. The minimum atomic E-state index is 1.12. The van der Waals surface area contributed by atoms with E-state index in [0.29, 0.717) is 0 Å². The second-order valence-corrected chi connectivity index (χ2v) is 2.61. The predicted molar refractivity (Wildman–Crippen MR) is 48.1 cm³/mol.